The minimum atomic E-state index is -4.68. The highest BCUT2D eigenvalue weighted by Crippen LogP contribution is 2.31. The number of carbonyl (C=O) groups excluding carboxylic acids is 1. The van der Waals surface area contributed by atoms with Crippen LogP contribution in [0.5, 0.6) is 0 Å². The number of sulfonamides is 1. The molecule has 2 rings (SSSR count). The summed E-state index contributed by atoms with van der Waals surface area (Å²) in [6.07, 6.45) is -3.40. The lowest BCUT2D eigenvalue weighted by molar-refractivity contribution is -0.137. The largest absolute Gasteiger partial charge is 0.416 e. The quantitative estimate of drug-likeness (QED) is 0.599. The Morgan fingerprint density at radius 3 is 2.54 bits per heavy atom. The molecule has 1 aromatic carbocycles. The number of halogens is 3. The number of rotatable bonds is 8. The normalized spacial score (nSPS) is 12.2. The molecule has 10 heteroatoms. The van der Waals surface area contributed by atoms with E-state index in [1.54, 1.807) is 0 Å². The Morgan fingerprint density at radius 1 is 1.25 bits per heavy atom. The van der Waals surface area contributed by atoms with E-state index >= 15 is 0 Å². The molecule has 1 amide bonds. The summed E-state index contributed by atoms with van der Waals surface area (Å²) >= 11 is 1.46. The van der Waals surface area contributed by atoms with Crippen LogP contribution in [0.2, 0.25) is 0 Å². The van der Waals surface area contributed by atoms with E-state index in [1.165, 1.54) is 29.4 Å². The Hall–Kier alpha value is -2.17. The summed E-state index contributed by atoms with van der Waals surface area (Å²) in [5.74, 6) is -0.481. The third-order valence-corrected chi connectivity index (χ3v) is 6.51. The first-order chi connectivity index (χ1) is 13.1. The molecular weight excluding hydrogens is 413 g/mol. The van der Waals surface area contributed by atoms with Crippen LogP contribution in [0.25, 0.3) is 0 Å². The molecule has 0 aliphatic heterocycles. The molecule has 28 heavy (non-hydrogen) atoms. The lowest BCUT2D eigenvalue weighted by Crippen LogP contribution is -2.41. The number of hydrogen-bond acceptors (Lipinski definition) is 4. The van der Waals surface area contributed by atoms with Crippen LogP contribution in [-0.4, -0.2) is 43.7 Å². The zero-order valence-corrected chi connectivity index (χ0v) is 16.6. The van der Waals surface area contributed by atoms with Crippen LogP contribution in [0, 0.1) is 0 Å². The lowest BCUT2D eigenvalue weighted by Gasteiger charge is -2.24. The van der Waals surface area contributed by atoms with Crippen molar-refractivity contribution in [2.45, 2.75) is 17.6 Å². The monoisotopic (exact) mass is 432 g/mol. The average molecular weight is 432 g/mol. The van der Waals surface area contributed by atoms with Crippen molar-refractivity contribution in [1.82, 2.24) is 9.21 Å². The fourth-order valence-electron chi connectivity index (χ4n) is 2.37. The number of amides is 1. The molecule has 1 aromatic heterocycles. The van der Waals surface area contributed by atoms with Gasteiger partial charge in [0.15, 0.2) is 0 Å². The first kappa shape index (κ1) is 22.1. The van der Waals surface area contributed by atoms with Crippen molar-refractivity contribution < 1.29 is 26.4 Å². The van der Waals surface area contributed by atoms with E-state index in [0.29, 0.717) is 12.6 Å². The molecular formula is C18H19F3N2O3S2. The second kappa shape index (κ2) is 8.89. The summed E-state index contributed by atoms with van der Waals surface area (Å²) in [6.45, 7) is 3.06. The van der Waals surface area contributed by atoms with Crippen LogP contribution in [0.4, 0.5) is 13.2 Å². The Balaban J connectivity index is 2.24. The lowest BCUT2D eigenvalue weighted by atomic mass is 10.2. The van der Waals surface area contributed by atoms with Crippen molar-refractivity contribution in [2.75, 3.05) is 20.1 Å². The van der Waals surface area contributed by atoms with Gasteiger partial charge in [-0.1, -0.05) is 18.2 Å². The van der Waals surface area contributed by atoms with Crippen LogP contribution in [-0.2, 0) is 27.5 Å². The molecule has 0 atom stereocenters. The van der Waals surface area contributed by atoms with Gasteiger partial charge in [0.25, 0.3) is 0 Å². The summed E-state index contributed by atoms with van der Waals surface area (Å²) in [6, 6.07) is 7.12. The van der Waals surface area contributed by atoms with Gasteiger partial charge in [-0.3, -0.25) is 4.79 Å². The van der Waals surface area contributed by atoms with E-state index in [-0.39, 0.29) is 6.54 Å². The third-order valence-electron chi connectivity index (χ3n) is 3.84. The molecule has 0 saturated carbocycles. The average Bonchev–Trinajstić information content (AvgIpc) is 3.13. The summed E-state index contributed by atoms with van der Waals surface area (Å²) in [5.41, 5.74) is -1.08. The first-order valence-corrected chi connectivity index (χ1v) is 10.4. The molecule has 2 aromatic rings. The number of nitrogens with zero attached hydrogens (tertiary/aromatic N) is 2. The molecule has 0 fully saturated rings. The highest BCUT2D eigenvalue weighted by Gasteiger charge is 2.33. The van der Waals surface area contributed by atoms with Crippen LogP contribution >= 0.6 is 11.3 Å². The van der Waals surface area contributed by atoms with E-state index in [4.69, 9.17) is 0 Å². The Labute approximate surface area is 165 Å². The number of alkyl halides is 3. The second-order valence-corrected chi connectivity index (χ2v) is 8.91. The number of thiophene rings is 1. The van der Waals surface area contributed by atoms with E-state index in [1.807, 2.05) is 17.5 Å². The van der Waals surface area contributed by atoms with E-state index in [0.717, 1.165) is 27.4 Å². The molecule has 0 aliphatic carbocycles. The third kappa shape index (κ3) is 5.43. The Kier molecular flexibility index (Phi) is 7.02. The fraction of sp³-hybridized carbons (Fsp3) is 0.278. The molecule has 0 spiro atoms. The number of likely N-dealkylation sites (N-methyl/N-ethyl adjacent to an activating group) is 1. The van der Waals surface area contributed by atoms with Crippen LogP contribution in [0.15, 0.2) is 59.3 Å². The topological polar surface area (TPSA) is 57.7 Å². The Bertz CT molecular complexity index is 926. The van der Waals surface area contributed by atoms with Crippen molar-refractivity contribution >= 4 is 27.3 Å². The van der Waals surface area contributed by atoms with Gasteiger partial charge in [0.2, 0.25) is 15.9 Å². The minimum absolute atomic E-state index is 0.211. The van der Waals surface area contributed by atoms with Gasteiger partial charge in [0.1, 0.15) is 0 Å². The number of carbonyl (C=O) groups is 1. The van der Waals surface area contributed by atoms with Gasteiger partial charge in [-0.25, -0.2) is 8.42 Å². The summed E-state index contributed by atoms with van der Waals surface area (Å²) < 4.78 is 65.2. The van der Waals surface area contributed by atoms with Crippen LogP contribution in [0.3, 0.4) is 0 Å². The maximum Gasteiger partial charge on any atom is 0.416 e. The van der Waals surface area contributed by atoms with Crippen molar-refractivity contribution in [3.05, 3.63) is 64.9 Å². The van der Waals surface area contributed by atoms with Gasteiger partial charge in [-0.2, -0.15) is 17.5 Å². The van der Waals surface area contributed by atoms with E-state index < -0.39 is 39.1 Å². The molecule has 1 heterocycles. The van der Waals surface area contributed by atoms with Gasteiger partial charge in [-0.15, -0.1) is 17.9 Å². The standard InChI is InChI=1S/C18H19F3N2O3S2/c1-3-9-23(13-17(24)22(2)12-15-7-5-10-27-15)28(25,26)16-8-4-6-14(11-16)18(19,20)21/h3-8,10-11H,1,9,12-13H2,2H3. The van der Waals surface area contributed by atoms with E-state index in [9.17, 15) is 26.4 Å². The maximum absolute atomic E-state index is 12.9. The van der Waals surface area contributed by atoms with Gasteiger partial charge in [-0.05, 0) is 29.6 Å². The number of hydrogen-bond donors (Lipinski definition) is 0. The maximum atomic E-state index is 12.9. The fourth-order valence-corrected chi connectivity index (χ4v) is 4.53. The molecule has 0 radical (unpaired) electrons. The highest BCUT2D eigenvalue weighted by molar-refractivity contribution is 7.89. The smallest absolute Gasteiger partial charge is 0.339 e. The predicted molar refractivity (Wildman–Crippen MR) is 101 cm³/mol. The van der Waals surface area contributed by atoms with Crippen molar-refractivity contribution in [2.24, 2.45) is 0 Å². The molecule has 0 bridgehead atoms. The van der Waals surface area contributed by atoms with E-state index in [2.05, 4.69) is 6.58 Å². The summed E-state index contributed by atoms with van der Waals surface area (Å²) in [4.78, 5) is 14.2. The zero-order valence-electron chi connectivity index (χ0n) is 15.0. The van der Waals surface area contributed by atoms with Crippen molar-refractivity contribution in [3.63, 3.8) is 0 Å². The molecule has 0 N–H and O–H groups in total. The molecule has 0 saturated heterocycles. The van der Waals surface area contributed by atoms with Crippen LogP contribution < -0.4 is 0 Å². The molecule has 152 valence electrons. The minimum Gasteiger partial charge on any atom is -0.339 e. The van der Waals surface area contributed by atoms with Gasteiger partial charge >= 0.3 is 6.18 Å². The van der Waals surface area contributed by atoms with Crippen molar-refractivity contribution in [1.29, 1.82) is 0 Å². The SMILES string of the molecule is C=CCN(CC(=O)N(C)Cc1cccs1)S(=O)(=O)c1cccc(C(F)(F)F)c1. The zero-order chi connectivity index (χ0) is 20.9. The number of benzene rings is 1. The molecule has 5 nitrogen and oxygen atoms in total. The molecule has 0 aliphatic rings. The van der Waals surface area contributed by atoms with Gasteiger partial charge < -0.3 is 4.90 Å². The summed E-state index contributed by atoms with van der Waals surface area (Å²) in [7, 11) is -2.79. The van der Waals surface area contributed by atoms with Gasteiger partial charge in [0, 0.05) is 18.5 Å². The Morgan fingerprint density at radius 2 is 1.96 bits per heavy atom. The van der Waals surface area contributed by atoms with Gasteiger partial charge in [0.05, 0.1) is 23.5 Å². The predicted octanol–water partition coefficient (Wildman–Crippen LogP) is 3.60. The first-order valence-electron chi connectivity index (χ1n) is 8.10. The highest BCUT2D eigenvalue weighted by atomic mass is 32.2. The molecule has 0 unspecified atom stereocenters. The van der Waals surface area contributed by atoms with Crippen molar-refractivity contribution in [3.8, 4) is 0 Å². The summed E-state index contributed by atoms with van der Waals surface area (Å²) in [5, 5.41) is 1.86. The van der Waals surface area contributed by atoms with Crippen LogP contribution in [0.1, 0.15) is 10.4 Å². The second-order valence-electron chi connectivity index (χ2n) is 5.94.